The molecule has 1 aromatic carbocycles. The lowest BCUT2D eigenvalue weighted by Gasteiger charge is -2.24. The van der Waals surface area contributed by atoms with Crippen LogP contribution in [0.15, 0.2) is 29.1 Å². The largest absolute Gasteiger partial charge is 0.395 e. The first-order valence-corrected chi connectivity index (χ1v) is 6.44. The number of aliphatic hydroxyl groups is 1. The molecule has 0 radical (unpaired) electrons. The summed E-state index contributed by atoms with van der Waals surface area (Å²) in [5, 5.41) is 9.06. The number of aromatic amines is 1. The Labute approximate surface area is 111 Å². The van der Waals surface area contributed by atoms with Gasteiger partial charge in [-0.25, -0.2) is 4.98 Å². The normalized spacial score (nSPS) is 11.6. The van der Waals surface area contributed by atoms with Gasteiger partial charge in [-0.3, -0.25) is 9.69 Å². The van der Waals surface area contributed by atoms with Crippen LogP contribution in [0.4, 0.5) is 0 Å². The Morgan fingerprint density at radius 2 is 2.11 bits per heavy atom. The molecule has 0 unspecified atom stereocenters. The summed E-state index contributed by atoms with van der Waals surface area (Å²) in [6.45, 7) is 5.11. The van der Waals surface area contributed by atoms with Gasteiger partial charge in [-0.15, -0.1) is 0 Å². The number of H-pyrrole nitrogens is 1. The summed E-state index contributed by atoms with van der Waals surface area (Å²) in [4.78, 5) is 21.3. The first-order valence-electron chi connectivity index (χ1n) is 6.44. The average Bonchev–Trinajstić information content (AvgIpc) is 2.38. The highest BCUT2D eigenvalue weighted by molar-refractivity contribution is 5.73. The van der Waals surface area contributed by atoms with Crippen molar-refractivity contribution in [1.82, 2.24) is 14.9 Å². The van der Waals surface area contributed by atoms with E-state index >= 15 is 0 Å². The molecule has 0 amide bonds. The number of aromatic nitrogens is 2. The van der Waals surface area contributed by atoms with Gasteiger partial charge in [0.15, 0.2) is 0 Å². The lowest BCUT2D eigenvalue weighted by atomic mass is 10.2. The van der Waals surface area contributed by atoms with Gasteiger partial charge in [-0.05, 0) is 26.0 Å². The van der Waals surface area contributed by atoms with E-state index in [0.29, 0.717) is 18.8 Å². The molecule has 2 rings (SSSR count). The number of para-hydroxylation sites is 2. The Morgan fingerprint density at radius 1 is 1.37 bits per heavy atom. The van der Waals surface area contributed by atoms with Crippen molar-refractivity contribution in [2.45, 2.75) is 26.4 Å². The van der Waals surface area contributed by atoms with E-state index in [-0.39, 0.29) is 18.2 Å². The smallest absolute Gasteiger partial charge is 0.271 e. The summed E-state index contributed by atoms with van der Waals surface area (Å²) < 4.78 is 0. The molecule has 0 saturated carbocycles. The maximum absolute atomic E-state index is 12.0. The van der Waals surface area contributed by atoms with Crippen LogP contribution in [-0.2, 0) is 6.54 Å². The van der Waals surface area contributed by atoms with Crippen LogP contribution in [0.25, 0.3) is 11.0 Å². The zero-order valence-electron chi connectivity index (χ0n) is 11.3. The predicted molar refractivity (Wildman–Crippen MR) is 75.0 cm³/mol. The van der Waals surface area contributed by atoms with E-state index in [2.05, 4.69) is 9.97 Å². The van der Waals surface area contributed by atoms with Gasteiger partial charge in [0.2, 0.25) is 0 Å². The highest BCUT2D eigenvalue weighted by atomic mass is 16.3. The monoisotopic (exact) mass is 261 g/mol. The van der Waals surface area contributed by atoms with Gasteiger partial charge in [-0.2, -0.15) is 0 Å². The maximum atomic E-state index is 12.0. The summed E-state index contributed by atoms with van der Waals surface area (Å²) in [6, 6.07) is 7.72. The van der Waals surface area contributed by atoms with Gasteiger partial charge >= 0.3 is 0 Å². The molecule has 0 bridgehead atoms. The predicted octanol–water partition coefficient (Wildman–Crippen LogP) is 1.13. The minimum atomic E-state index is -0.165. The van der Waals surface area contributed by atoms with Crippen LogP contribution in [0.1, 0.15) is 19.5 Å². The Bertz CT molecular complexity index is 607. The van der Waals surface area contributed by atoms with Gasteiger partial charge < -0.3 is 10.1 Å². The van der Waals surface area contributed by atoms with Crippen LogP contribution >= 0.6 is 0 Å². The first kappa shape index (κ1) is 13.7. The molecule has 102 valence electrons. The fourth-order valence-electron chi connectivity index (χ4n) is 2.02. The van der Waals surface area contributed by atoms with Crippen LogP contribution in [0, 0.1) is 0 Å². The van der Waals surface area contributed by atoms with Gasteiger partial charge in [0.1, 0.15) is 5.69 Å². The summed E-state index contributed by atoms with van der Waals surface area (Å²) >= 11 is 0. The third-order valence-corrected chi connectivity index (χ3v) is 3.14. The molecular formula is C14H19N3O2. The molecule has 19 heavy (non-hydrogen) atoms. The Morgan fingerprint density at radius 3 is 2.79 bits per heavy atom. The van der Waals surface area contributed by atoms with Crippen LogP contribution in [0.5, 0.6) is 0 Å². The van der Waals surface area contributed by atoms with Crippen LogP contribution in [0.2, 0.25) is 0 Å². The molecule has 2 aromatic rings. The van der Waals surface area contributed by atoms with E-state index in [1.807, 2.05) is 43.0 Å². The molecule has 0 fully saturated rings. The van der Waals surface area contributed by atoms with E-state index in [1.165, 1.54) is 0 Å². The molecule has 1 aromatic heterocycles. The highest BCUT2D eigenvalue weighted by Gasteiger charge is 2.13. The summed E-state index contributed by atoms with van der Waals surface area (Å²) in [5.41, 5.74) is 1.85. The molecule has 0 aliphatic carbocycles. The minimum absolute atomic E-state index is 0.0731. The van der Waals surface area contributed by atoms with Gasteiger partial charge in [0.25, 0.3) is 5.56 Å². The van der Waals surface area contributed by atoms with Crippen LogP contribution < -0.4 is 5.56 Å². The number of benzene rings is 1. The van der Waals surface area contributed by atoms with Crippen molar-refractivity contribution in [2.24, 2.45) is 0 Å². The Kier molecular flexibility index (Phi) is 4.29. The quantitative estimate of drug-likeness (QED) is 0.846. The summed E-state index contributed by atoms with van der Waals surface area (Å²) in [6.07, 6.45) is 0. The average molecular weight is 261 g/mol. The molecule has 0 atom stereocenters. The van der Waals surface area contributed by atoms with Crippen molar-refractivity contribution in [3.8, 4) is 0 Å². The molecule has 5 nitrogen and oxygen atoms in total. The third kappa shape index (κ3) is 3.19. The minimum Gasteiger partial charge on any atom is -0.395 e. The van der Waals surface area contributed by atoms with Gasteiger partial charge in [0, 0.05) is 19.1 Å². The molecule has 5 heteroatoms. The topological polar surface area (TPSA) is 69.2 Å². The SMILES string of the molecule is CC(C)N(CCO)Cc1nc2ccccc2[nH]c1=O. The Balaban J connectivity index is 2.34. The third-order valence-electron chi connectivity index (χ3n) is 3.14. The van der Waals surface area contributed by atoms with Crippen molar-refractivity contribution in [1.29, 1.82) is 0 Å². The number of rotatable bonds is 5. The zero-order chi connectivity index (χ0) is 13.8. The van der Waals surface area contributed by atoms with Crippen molar-refractivity contribution in [3.63, 3.8) is 0 Å². The number of nitrogens with one attached hydrogen (secondary N) is 1. The van der Waals surface area contributed by atoms with Crippen molar-refractivity contribution in [3.05, 3.63) is 40.3 Å². The lowest BCUT2D eigenvalue weighted by Crippen LogP contribution is -2.35. The molecule has 0 spiro atoms. The van der Waals surface area contributed by atoms with Crippen LogP contribution in [-0.4, -0.2) is 39.2 Å². The fourth-order valence-corrected chi connectivity index (χ4v) is 2.02. The molecular weight excluding hydrogens is 242 g/mol. The highest BCUT2D eigenvalue weighted by Crippen LogP contribution is 2.08. The number of hydrogen-bond donors (Lipinski definition) is 2. The first-order chi connectivity index (χ1) is 9.11. The number of hydrogen-bond acceptors (Lipinski definition) is 4. The Hall–Kier alpha value is -1.72. The standard InChI is InChI=1S/C14H19N3O2/c1-10(2)17(7-8-18)9-13-14(19)16-12-6-4-3-5-11(12)15-13/h3-6,10,18H,7-9H2,1-2H3,(H,16,19). The van der Waals surface area contributed by atoms with E-state index in [4.69, 9.17) is 5.11 Å². The molecule has 0 saturated heterocycles. The summed E-state index contributed by atoms with van der Waals surface area (Å²) in [7, 11) is 0. The number of fused-ring (bicyclic) bond motifs is 1. The number of aliphatic hydroxyl groups excluding tert-OH is 1. The fraction of sp³-hybridized carbons (Fsp3) is 0.429. The van der Waals surface area contributed by atoms with Crippen molar-refractivity contribution >= 4 is 11.0 Å². The second kappa shape index (κ2) is 5.95. The van der Waals surface area contributed by atoms with E-state index in [0.717, 1.165) is 11.0 Å². The second-order valence-electron chi connectivity index (χ2n) is 4.82. The van der Waals surface area contributed by atoms with Crippen molar-refractivity contribution in [2.75, 3.05) is 13.2 Å². The van der Waals surface area contributed by atoms with E-state index < -0.39 is 0 Å². The zero-order valence-corrected chi connectivity index (χ0v) is 11.3. The van der Waals surface area contributed by atoms with E-state index in [1.54, 1.807) is 0 Å². The van der Waals surface area contributed by atoms with Gasteiger partial charge in [0.05, 0.1) is 17.6 Å². The molecule has 0 aliphatic heterocycles. The van der Waals surface area contributed by atoms with E-state index in [9.17, 15) is 4.79 Å². The summed E-state index contributed by atoms with van der Waals surface area (Å²) in [5.74, 6) is 0. The maximum Gasteiger partial charge on any atom is 0.271 e. The molecule has 2 N–H and O–H groups in total. The van der Waals surface area contributed by atoms with Gasteiger partial charge in [-0.1, -0.05) is 12.1 Å². The van der Waals surface area contributed by atoms with Crippen molar-refractivity contribution < 1.29 is 5.11 Å². The molecule has 1 heterocycles. The lowest BCUT2D eigenvalue weighted by molar-refractivity contribution is 0.157. The van der Waals surface area contributed by atoms with Crippen LogP contribution in [0.3, 0.4) is 0 Å². The number of nitrogens with zero attached hydrogens (tertiary/aromatic N) is 2. The molecule has 0 aliphatic rings. The second-order valence-corrected chi connectivity index (χ2v) is 4.82.